The van der Waals surface area contributed by atoms with E-state index in [-0.39, 0.29) is 46.6 Å². The topological polar surface area (TPSA) is 189 Å². The first-order valence-electron chi connectivity index (χ1n) is 18.5. The second kappa shape index (κ2) is 20.5. The Balaban J connectivity index is 1.47. The number of benzene rings is 3. The number of likely N-dealkylation sites (N-methyl/N-ethyl adjacent to an activating group) is 1. The number of carboxylic acid groups (broad SMARTS) is 1. The highest BCUT2D eigenvalue weighted by Gasteiger charge is 2.22. The fraction of sp³-hybridized carbons (Fsp3) is 0.462. The van der Waals surface area contributed by atoms with Crippen LogP contribution in [0.2, 0.25) is 0 Å². The van der Waals surface area contributed by atoms with Crippen LogP contribution in [0.1, 0.15) is 51.9 Å². The van der Waals surface area contributed by atoms with Gasteiger partial charge in [-0.2, -0.15) is 0 Å². The summed E-state index contributed by atoms with van der Waals surface area (Å²) in [5.41, 5.74) is 0.791. The molecule has 306 valence electrons. The molecular weight excluding hydrogens is 747 g/mol. The first-order chi connectivity index (χ1) is 26.8. The van der Waals surface area contributed by atoms with Crippen molar-refractivity contribution in [2.75, 3.05) is 58.8 Å². The number of ether oxygens (including phenoxy) is 5. The number of carboxylic acids is 1. The van der Waals surface area contributed by atoms with Crippen molar-refractivity contribution in [3.8, 4) is 34.5 Å². The Morgan fingerprint density at radius 1 is 0.804 bits per heavy atom. The van der Waals surface area contributed by atoms with Crippen LogP contribution in [0.4, 0.5) is 5.69 Å². The second-order valence-electron chi connectivity index (χ2n) is 13.3. The van der Waals surface area contributed by atoms with Crippen molar-refractivity contribution in [1.82, 2.24) is 19.4 Å². The third-order valence-electron chi connectivity index (χ3n) is 8.84. The summed E-state index contributed by atoms with van der Waals surface area (Å²) in [4.78, 5) is 37.6. The predicted octanol–water partition coefficient (Wildman–Crippen LogP) is 5.13. The lowest BCUT2D eigenvalue weighted by Crippen LogP contribution is -2.36. The summed E-state index contributed by atoms with van der Waals surface area (Å²) in [6, 6.07) is 12.5. The lowest BCUT2D eigenvalue weighted by molar-refractivity contribution is -0.137. The number of amides is 1. The van der Waals surface area contributed by atoms with Crippen LogP contribution in [0.3, 0.4) is 0 Å². The van der Waals surface area contributed by atoms with E-state index < -0.39 is 16.0 Å². The first-order valence-corrected chi connectivity index (χ1v) is 19.9. The van der Waals surface area contributed by atoms with Crippen molar-refractivity contribution in [2.24, 2.45) is 14.1 Å². The van der Waals surface area contributed by atoms with Crippen molar-refractivity contribution in [1.29, 1.82) is 0 Å². The zero-order valence-corrected chi connectivity index (χ0v) is 33.7. The average molecular weight is 800 g/mol. The molecule has 0 bridgehead atoms. The highest BCUT2D eigenvalue weighted by Crippen LogP contribution is 2.38. The number of aryl methyl sites for hydroxylation is 2. The van der Waals surface area contributed by atoms with Crippen molar-refractivity contribution < 1.29 is 46.8 Å². The van der Waals surface area contributed by atoms with E-state index >= 15 is 0 Å². The second-order valence-corrected chi connectivity index (χ2v) is 15.0. The van der Waals surface area contributed by atoms with Gasteiger partial charge in [-0.15, -0.1) is 0 Å². The molecule has 3 N–H and O–H groups in total. The molecule has 1 amide bonds. The number of imidazole rings is 1. The Hall–Kier alpha value is -5.42. The maximum absolute atomic E-state index is 13.7. The normalized spacial score (nSPS) is 11.4. The third-order valence-corrected chi connectivity index (χ3v) is 10.2. The Bertz CT molecular complexity index is 2130. The number of hydrogen-bond donors (Lipinski definition) is 3. The number of unbranched alkanes of at least 4 members (excludes halogenated alkanes) is 3. The number of nitrogens with zero attached hydrogens (tertiary/aromatic N) is 3. The zero-order chi connectivity index (χ0) is 40.8. The number of carbonyl (C=O) groups excluding carboxylic acids is 1. The van der Waals surface area contributed by atoms with Gasteiger partial charge in [0.1, 0.15) is 17.2 Å². The Morgan fingerprint density at radius 2 is 1.46 bits per heavy atom. The van der Waals surface area contributed by atoms with Gasteiger partial charge in [-0.05, 0) is 63.9 Å². The molecule has 1 heterocycles. The number of carbonyl (C=O) groups is 2. The summed E-state index contributed by atoms with van der Waals surface area (Å²) < 4.78 is 62.0. The lowest BCUT2D eigenvalue weighted by atomic mass is 10.2. The van der Waals surface area contributed by atoms with Gasteiger partial charge in [0.2, 0.25) is 5.91 Å². The van der Waals surface area contributed by atoms with E-state index in [9.17, 15) is 22.8 Å². The van der Waals surface area contributed by atoms with E-state index in [2.05, 4.69) is 10.0 Å². The Morgan fingerprint density at radius 3 is 2.12 bits per heavy atom. The molecule has 0 radical (unpaired) electrons. The van der Waals surface area contributed by atoms with Crippen LogP contribution in [0.15, 0.2) is 58.2 Å². The van der Waals surface area contributed by atoms with E-state index in [4.69, 9.17) is 28.8 Å². The fourth-order valence-electron chi connectivity index (χ4n) is 5.86. The molecule has 16 nitrogen and oxygen atoms in total. The maximum Gasteiger partial charge on any atom is 0.328 e. The molecule has 0 atom stereocenters. The molecule has 56 heavy (non-hydrogen) atoms. The SMILES string of the molecule is CCCOc1cc(OCCCCN(C)CC(=O)NCCCCCC(=O)O)cc(Oc2cc3c(cc2NS(=O)(=O)c2ccc(OC)c(OC)c2)n(C)c(=O)n3C)c1. The first kappa shape index (κ1) is 43.3. The molecule has 0 saturated heterocycles. The van der Waals surface area contributed by atoms with Crippen molar-refractivity contribution in [3.63, 3.8) is 0 Å². The number of anilines is 1. The van der Waals surface area contributed by atoms with Crippen LogP contribution in [0, 0.1) is 0 Å². The molecule has 0 aliphatic heterocycles. The van der Waals surface area contributed by atoms with Gasteiger partial charge in [0.05, 0.1) is 55.6 Å². The van der Waals surface area contributed by atoms with Gasteiger partial charge in [-0.1, -0.05) is 13.3 Å². The largest absolute Gasteiger partial charge is 0.493 e. The Kier molecular flexibility index (Phi) is 15.8. The van der Waals surface area contributed by atoms with Gasteiger partial charge >= 0.3 is 11.7 Å². The molecular formula is C39H53N5O11S. The number of sulfonamides is 1. The number of nitrogens with one attached hydrogen (secondary N) is 2. The summed E-state index contributed by atoms with van der Waals surface area (Å²) in [6.45, 7) is 4.26. The molecule has 1 aromatic heterocycles. The van der Waals surface area contributed by atoms with Gasteiger partial charge in [-0.3, -0.25) is 28.3 Å². The summed E-state index contributed by atoms with van der Waals surface area (Å²) in [7, 11) is 3.77. The molecule has 4 rings (SSSR count). The molecule has 0 aliphatic rings. The van der Waals surface area contributed by atoms with E-state index in [1.807, 2.05) is 18.9 Å². The van der Waals surface area contributed by atoms with Crippen LogP contribution in [0.25, 0.3) is 11.0 Å². The summed E-state index contributed by atoms with van der Waals surface area (Å²) in [5.74, 6) is 1.13. The minimum absolute atomic E-state index is 0.0787. The summed E-state index contributed by atoms with van der Waals surface area (Å²) in [5, 5.41) is 11.6. The highest BCUT2D eigenvalue weighted by molar-refractivity contribution is 7.92. The number of rotatable bonds is 24. The highest BCUT2D eigenvalue weighted by atomic mass is 32.2. The Labute approximate surface area is 327 Å². The smallest absolute Gasteiger partial charge is 0.328 e. The zero-order valence-electron chi connectivity index (χ0n) is 32.9. The van der Waals surface area contributed by atoms with Crippen LogP contribution < -0.4 is 39.4 Å². The molecule has 0 spiro atoms. The van der Waals surface area contributed by atoms with E-state index in [1.165, 1.54) is 41.6 Å². The average Bonchev–Trinajstić information content (AvgIpc) is 3.36. The van der Waals surface area contributed by atoms with Crippen LogP contribution in [-0.2, 0) is 33.7 Å². The maximum atomic E-state index is 13.7. The van der Waals surface area contributed by atoms with Crippen LogP contribution in [-0.4, -0.2) is 93.6 Å². The number of hydrogen-bond acceptors (Lipinski definition) is 11. The third kappa shape index (κ3) is 12.0. The van der Waals surface area contributed by atoms with Gasteiger partial charge in [0.15, 0.2) is 17.2 Å². The standard InChI is InChI=1S/C39H53N5O11S/c1-7-18-53-27-20-28(54-19-12-11-17-42(2)26-37(45)40-16-10-8-9-13-38(46)47)22-29(21-27)55-35-25-33-32(43(3)39(48)44(33)4)24-31(35)41-56(49,50)30-14-15-34(51-5)36(23-30)52-6/h14-15,20-25,41H,7-13,16-19,26H2,1-6H3,(H,40,45)(H,46,47). The summed E-state index contributed by atoms with van der Waals surface area (Å²) in [6.07, 6.45) is 4.46. The van der Waals surface area contributed by atoms with Crippen molar-refractivity contribution in [3.05, 3.63) is 59.0 Å². The van der Waals surface area contributed by atoms with Gasteiger partial charge in [0.25, 0.3) is 10.0 Å². The molecule has 4 aromatic rings. The van der Waals surface area contributed by atoms with Gasteiger partial charge < -0.3 is 34.1 Å². The quantitative estimate of drug-likeness (QED) is 0.0795. The van der Waals surface area contributed by atoms with Gasteiger partial charge in [-0.25, -0.2) is 13.2 Å². The molecule has 0 fully saturated rings. The molecule has 0 unspecified atom stereocenters. The number of fused-ring (bicyclic) bond motifs is 1. The molecule has 3 aromatic carbocycles. The van der Waals surface area contributed by atoms with E-state index in [0.29, 0.717) is 73.2 Å². The van der Waals surface area contributed by atoms with Crippen LogP contribution >= 0.6 is 0 Å². The minimum atomic E-state index is -4.19. The van der Waals surface area contributed by atoms with E-state index in [0.717, 1.165) is 25.7 Å². The number of aliphatic carboxylic acids is 1. The van der Waals surface area contributed by atoms with Crippen LogP contribution in [0.5, 0.6) is 34.5 Å². The van der Waals surface area contributed by atoms with Gasteiger partial charge in [0, 0.05) is 57.4 Å². The predicted molar refractivity (Wildman–Crippen MR) is 212 cm³/mol. The lowest BCUT2D eigenvalue weighted by Gasteiger charge is -2.17. The van der Waals surface area contributed by atoms with Crippen molar-refractivity contribution >= 4 is 38.6 Å². The molecule has 0 aliphatic carbocycles. The summed E-state index contributed by atoms with van der Waals surface area (Å²) >= 11 is 0. The van der Waals surface area contributed by atoms with E-state index in [1.54, 1.807) is 44.4 Å². The monoisotopic (exact) mass is 799 g/mol. The fourth-order valence-corrected chi connectivity index (χ4v) is 6.93. The number of aromatic nitrogens is 2. The number of methoxy groups -OCH3 is 2. The minimum Gasteiger partial charge on any atom is -0.493 e. The van der Waals surface area contributed by atoms with Crippen molar-refractivity contribution in [2.45, 2.75) is 56.8 Å². The molecule has 17 heteroatoms. The molecule has 0 saturated carbocycles.